The molecule has 1 saturated carbocycles. The summed E-state index contributed by atoms with van der Waals surface area (Å²) in [4.78, 5) is 15.5. The van der Waals surface area contributed by atoms with Gasteiger partial charge in [-0.1, -0.05) is 42.2 Å². The standard InChI is InChI=1S/C14H12Cl2N2O3/c1-14(2)9(10(14)13(19)20)12-17-11(18-21-12)6-3-4-7(15)8(16)5-6/h3-5,9-10H,1-2H3,(H,19,20). The summed E-state index contributed by atoms with van der Waals surface area (Å²) >= 11 is 11.8. The Kier molecular flexibility index (Phi) is 3.22. The van der Waals surface area contributed by atoms with E-state index in [1.165, 1.54) is 0 Å². The maximum Gasteiger partial charge on any atom is 0.307 e. The largest absolute Gasteiger partial charge is 0.481 e. The number of carboxylic acid groups (broad SMARTS) is 1. The van der Waals surface area contributed by atoms with Crippen LogP contribution in [0.2, 0.25) is 10.0 Å². The zero-order valence-corrected chi connectivity index (χ0v) is 12.8. The number of hydrogen-bond acceptors (Lipinski definition) is 4. The second kappa shape index (κ2) is 4.71. The fraction of sp³-hybridized carbons (Fsp3) is 0.357. The lowest BCUT2D eigenvalue weighted by atomic mass is 10.1. The maximum atomic E-state index is 11.2. The van der Waals surface area contributed by atoms with Gasteiger partial charge >= 0.3 is 5.97 Å². The molecule has 1 aromatic heterocycles. The van der Waals surface area contributed by atoms with Crippen molar-refractivity contribution in [2.24, 2.45) is 11.3 Å². The molecule has 3 rings (SSSR count). The monoisotopic (exact) mass is 326 g/mol. The van der Waals surface area contributed by atoms with E-state index < -0.39 is 11.9 Å². The minimum atomic E-state index is -0.848. The molecule has 2 atom stereocenters. The summed E-state index contributed by atoms with van der Waals surface area (Å²) in [5.74, 6) is -0.901. The molecule has 0 saturated heterocycles. The Morgan fingerprint density at radius 3 is 2.62 bits per heavy atom. The molecule has 0 amide bonds. The van der Waals surface area contributed by atoms with E-state index in [0.717, 1.165) is 0 Å². The van der Waals surface area contributed by atoms with Crippen LogP contribution in [0.25, 0.3) is 11.4 Å². The first-order chi connectivity index (χ1) is 9.82. The fourth-order valence-electron chi connectivity index (χ4n) is 2.67. The zero-order valence-electron chi connectivity index (χ0n) is 11.3. The molecular formula is C14H12Cl2N2O3. The van der Waals surface area contributed by atoms with Gasteiger partial charge in [-0.15, -0.1) is 0 Å². The molecule has 5 nitrogen and oxygen atoms in total. The van der Waals surface area contributed by atoms with E-state index in [2.05, 4.69) is 10.1 Å². The average Bonchev–Trinajstić information content (AvgIpc) is 2.78. The van der Waals surface area contributed by atoms with Crippen LogP contribution in [-0.2, 0) is 4.79 Å². The number of aromatic nitrogens is 2. The second-order valence-corrected chi connectivity index (χ2v) is 6.51. The molecule has 2 aromatic rings. The fourth-order valence-corrected chi connectivity index (χ4v) is 2.97. The quantitative estimate of drug-likeness (QED) is 0.926. The Bertz CT molecular complexity index is 727. The molecule has 0 aliphatic heterocycles. The van der Waals surface area contributed by atoms with Gasteiger partial charge in [0, 0.05) is 5.56 Å². The van der Waals surface area contributed by atoms with Gasteiger partial charge < -0.3 is 9.63 Å². The lowest BCUT2D eigenvalue weighted by molar-refractivity contribution is -0.139. The Hall–Kier alpha value is -1.59. The van der Waals surface area contributed by atoms with Crippen LogP contribution in [0, 0.1) is 11.3 Å². The molecule has 1 aliphatic carbocycles. The van der Waals surface area contributed by atoms with Gasteiger partial charge in [0.25, 0.3) is 0 Å². The number of aliphatic carboxylic acids is 1. The highest BCUT2D eigenvalue weighted by Gasteiger charge is 2.65. The van der Waals surface area contributed by atoms with E-state index in [1.807, 2.05) is 13.8 Å². The van der Waals surface area contributed by atoms with E-state index in [9.17, 15) is 9.90 Å². The SMILES string of the molecule is CC1(C)C(C(=O)O)C1c1nc(-c2ccc(Cl)c(Cl)c2)no1. The third-order valence-electron chi connectivity index (χ3n) is 3.98. The van der Waals surface area contributed by atoms with Gasteiger partial charge in [-0.25, -0.2) is 0 Å². The summed E-state index contributed by atoms with van der Waals surface area (Å²) in [5, 5.41) is 13.9. The van der Waals surface area contributed by atoms with Crippen molar-refractivity contribution in [1.29, 1.82) is 0 Å². The number of rotatable bonds is 3. The van der Waals surface area contributed by atoms with Crippen molar-refractivity contribution in [3.05, 3.63) is 34.1 Å². The van der Waals surface area contributed by atoms with Crippen molar-refractivity contribution in [2.75, 3.05) is 0 Å². The Morgan fingerprint density at radius 2 is 2.05 bits per heavy atom. The molecule has 0 radical (unpaired) electrons. The summed E-state index contributed by atoms with van der Waals surface area (Å²) in [6, 6.07) is 5.02. The number of halogens is 2. The molecule has 1 heterocycles. The van der Waals surface area contributed by atoms with Gasteiger partial charge in [0.05, 0.1) is 21.9 Å². The molecular weight excluding hydrogens is 315 g/mol. The third kappa shape index (κ3) is 2.30. The van der Waals surface area contributed by atoms with Crippen molar-refractivity contribution in [3.8, 4) is 11.4 Å². The van der Waals surface area contributed by atoms with Gasteiger partial charge in [-0.3, -0.25) is 4.79 Å². The molecule has 110 valence electrons. The van der Waals surface area contributed by atoms with Crippen LogP contribution in [0.4, 0.5) is 0 Å². The summed E-state index contributed by atoms with van der Waals surface area (Å²) in [6.07, 6.45) is 0. The van der Waals surface area contributed by atoms with Gasteiger partial charge in [-0.2, -0.15) is 4.98 Å². The van der Waals surface area contributed by atoms with Crippen LogP contribution in [0.3, 0.4) is 0 Å². The summed E-state index contributed by atoms with van der Waals surface area (Å²) < 4.78 is 5.23. The second-order valence-electron chi connectivity index (χ2n) is 5.70. The highest BCUT2D eigenvalue weighted by molar-refractivity contribution is 6.42. The van der Waals surface area contributed by atoms with Crippen LogP contribution >= 0.6 is 23.2 Å². The lowest BCUT2D eigenvalue weighted by Crippen LogP contribution is -2.03. The molecule has 1 aliphatic rings. The smallest absolute Gasteiger partial charge is 0.307 e. The van der Waals surface area contributed by atoms with Crippen LogP contribution in [0.15, 0.2) is 22.7 Å². The molecule has 1 N–H and O–H groups in total. The first-order valence-corrected chi connectivity index (χ1v) is 7.10. The first-order valence-electron chi connectivity index (χ1n) is 6.34. The minimum absolute atomic E-state index is 0.265. The lowest BCUT2D eigenvalue weighted by Gasteiger charge is -1.97. The predicted octanol–water partition coefficient (Wildman–Crippen LogP) is 3.87. The van der Waals surface area contributed by atoms with Gasteiger partial charge in [-0.05, 0) is 23.6 Å². The minimum Gasteiger partial charge on any atom is -0.481 e. The number of hydrogen-bond donors (Lipinski definition) is 1. The molecule has 0 spiro atoms. The highest BCUT2D eigenvalue weighted by Crippen LogP contribution is 2.64. The summed E-state index contributed by atoms with van der Waals surface area (Å²) in [7, 11) is 0. The Labute approximate surface area is 130 Å². The molecule has 7 heteroatoms. The van der Waals surface area contributed by atoms with E-state index >= 15 is 0 Å². The van der Waals surface area contributed by atoms with Crippen LogP contribution in [-0.4, -0.2) is 21.2 Å². The Balaban J connectivity index is 1.91. The maximum absolute atomic E-state index is 11.2. The summed E-state index contributed by atoms with van der Waals surface area (Å²) in [6.45, 7) is 3.75. The molecule has 21 heavy (non-hydrogen) atoms. The first kappa shape index (κ1) is 14.4. The van der Waals surface area contributed by atoms with Crippen molar-refractivity contribution >= 4 is 29.2 Å². The van der Waals surface area contributed by atoms with Crippen LogP contribution in [0.5, 0.6) is 0 Å². The topological polar surface area (TPSA) is 76.2 Å². The Morgan fingerprint density at radius 1 is 1.33 bits per heavy atom. The van der Waals surface area contributed by atoms with E-state index in [-0.39, 0.29) is 11.3 Å². The zero-order chi connectivity index (χ0) is 15.4. The van der Waals surface area contributed by atoms with Gasteiger partial charge in [0.2, 0.25) is 11.7 Å². The third-order valence-corrected chi connectivity index (χ3v) is 4.72. The van der Waals surface area contributed by atoms with Gasteiger partial charge in [0.1, 0.15) is 0 Å². The van der Waals surface area contributed by atoms with Gasteiger partial charge in [0.15, 0.2) is 0 Å². The predicted molar refractivity (Wildman–Crippen MR) is 77.4 cm³/mol. The van der Waals surface area contributed by atoms with E-state index in [4.69, 9.17) is 27.7 Å². The van der Waals surface area contributed by atoms with Crippen molar-refractivity contribution in [2.45, 2.75) is 19.8 Å². The van der Waals surface area contributed by atoms with Crippen LogP contribution < -0.4 is 0 Å². The van der Waals surface area contributed by atoms with Crippen molar-refractivity contribution < 1.29 is 14.4 Å². The summed E-state index contributed by atoms with van der Waals surface area (Å²) in [5.41, 5.74) is 0.289. The molecule has 2 unspecified atom stereocenters. The van der Waals surface area contributed by atoms with Crippen LogP contribution in [0.1, 0.15) is 25.7 Å². The number of benzene rings is 1. The number of nitrogens with zero attached hydrogens (tertiary/aromatic N) is 2. The van der Waals surface area contributed by atoms with Crippen molar-refractivity contribution in [1.82, 2.24) is 10.1 Å². The molecule has 1 fully saturated rings. The average molecular weight is 327 g/mol. The highest BCUT2D eigenvalue weighted by atomic mass is 35.5. The van der Waals surface area contributed by atoms with E-state index in [1.54, 1.807) is 18.2 Å². The molecule has 0 bridgehead atoms. The van der Waals surface area contributed by atoms with E-state index in [0.29, 0.717) is 27.3 Å². The normalized spacial score (nSPS) is 23.0. The number of carboxylic acids is 1. The number of carbonyl (C=O) groups is 1. The van der Waals surface area contributed by atoms with Crippen molar-refractivity contribution in [3.63, 3.8) is 0 Å². The molecule has 1 aromatic carbocycles.